The summed E-state index contributed by atoms with van der Waals surface area (Å²) in [5, 5.41) is 9.56. The third kappa shape index (κ3) is 3.28. The molecule has 138 valence electrons. The van der Waals surface area contributed by atoms with E-state index in [1.807, 2.05) is 17.0 Å². The lowest BCUT2D eigenvalue weighted by Gasteiger charge is -2.37. The number of carboxylic acids is 1. The summed E-state index contributed by atoms with van der Waals surface area (Å²) in [7, 11) is 0. The standard InChI is InChI=1S/C21H26N2O3/c24-20(18-16-6-7-17(14-16)19(18)21(25)26)23-12-10-22(11-13-23)9-8-15-4-2-1-3-5-15/h1-7,16-19H,8-14H2,(H,25,26)/t16-,17-,18-,19-/m0/s1. The van der Waals surface area contributed by atoms with Crippen molar-refractivity contribution in [1.82, 2.24) is 9.80 Å². The monoisotopic (exact) mass is 354 g/mol. The number of piperazine rings is 1. The molecule has 1 saturated heterocycles. The number of carboxylic acid groups (broad SMARTS) is 1. The van der Waals surface area contributed by atoms with Crippen molar-refractivity contribution in [2.75, 3.05) is 32.7 Å². The van der Waals surface area contributed by atoms with Crippen LogP contribution < -0.4 is 0 Å². The number of rotatable bonds is 5. The van der Waals surface area contributed by atoms with Crippen molar-refractivity contribution < 1.29 is 14.7 Å². The van der Waals surface area contributed by atoms with E-state index in [4.69, 9.17) is 0 Å². The molecule has 26 heavy (non-hydrogen) atoms. The highest BCUT2D eigenvalue weighted by molar-refractivity contribution is 5.87. The summed E-state index contributed by atoms with van der Waals surface area (Å²) >= 11 is 0. The first-order valence-electron chi connectivity index (χ1n) is 9.59. The molecule has 0 unspecified atom stereocenters. The number of fused-ring (bicyclic) bond motifs is 2. The minimum absolute atomic E-state index is 0.0404. The smallest absolute Gasteiger partial charge is 0.307 e. The number of aliphatic carboxylic acids is 1. The second kappa shape index (κ2) is 7.23. The Bertz CT molecular complexity index is 694. The van der Waals surface area contributed by atoms with Crippen molar-refractivity contribution in [3.8, 4) is 0 Å². The van der Waals surface area contributed by atoms with Crippen LogP contribution in [0.5, 0.6) is 0 Å². The van der Waals surface area contributed by atoms with Gasteiger partial charge in [-0.3, -0.25) is 14.5 Å². The molecule has 3 aliphatic rings. The topological polar surface area (TPSA) is 60.9 Å². The summed E-state index contributed by atoms with van der Waals surface area (Å²) in [6.45, 7) is 4.15. The molecule has 5 heteroatoms. The van der Waals surface area contributed by atoms with E-state index >= 15 is 0 Å². The fourth-order valence-electron chi connectivity index (χ4n) is 4.83. The molecular weight excluding hydrogens is 328 g/mol. The molecule has 0 aromatic heterocycles. The van der Waals surface area contributed by atoms with Crippen LogP contribution in [0.1, 0.15) is 12.0 Å². The molecule has 5 nitrogen and oxygen atoms in total. The third-order valence-corrected chi connectivity index (χ3v) is 6.27. The van der Waals surface area contributed by atoms with Crippen molar-refractivity contribution in [3.63, 3.8) is 0 Å². The Morgan fingerprint density at radius 1 is 0.962 bits per heavy atom. The van der Waals surface area contributed by atoms with Crippen molar-refractivity contribution in [3.05, 3.63) is 48.0 Å². The third-order valence-electron chi connectivity index (χ3n) is 6.27. The van der Waals surface area contributed by atoms with Crippen LogP contribution in [-0.4, -0.2) is 59.5 Å². The molecule has 0 radical (unpaired) electrons. The number of allylic oxidation sites excluding steroid dienone is 2. The summed E-state index contributed by atoms with van der Waals surface area (Å²) in [6, 6.07) is 10.5. The van der Waals surface area contributed by atoms with E-state index in [1.165, 1.54) is 5.56 Å². The number of hydrogen-bond donors (Lipinski definition) is 1. The molecule has 1 aromatic carbocycles. The van der Waals surface area contributed by atoms with Gasteiger partial charge < -0.3 is 10.0 Å². The molecule has 2 fully saturated rings. The van der Waals surface area contributed by atoms with Gasteiger partial charge in [0.2, 0.25) is 5.91 Å². The molecule has 4 rings (SSSR count). The maximum atomic E-state index is 13.0. The maximum absolute atomic E-state index is 13.0. The minimum Gasteiger partial charge on any atom is -0.481 e. The number of benzene rings is 1. The van der Waals surface area contributed by atoms with Gasteiger partial charge in [-0.15, -0.1) is 0 Å². The van der Waals surface area contributed by atoms with E-state index in [2.05, 4.69) is 35.2 Å². The molecular formula is C21H26N2O3. The van der Waals surface area contributed by atoms with Crippen LogP contribution in [0, 0.1) is 23.7 Å². The molecule has 4 atom stereocenters. The molecule has 1 aliphatic heterocycles. The molecule has 2 bridgehead atoms. The SMILES string of the molecule is O=C(O)[C@@H]1[C@@H](C(=O)N2CCN(CCc3ccccc3)CC2)[C@H]2C=C[C@H]1C2. The highest BCUT2D eigenvalue weighted by Gasteiger charge is 2.52. The van der Waals surface area contributed by atoms with Gasteiger partial charge in [-0.25, -0.2) is 0 Å². The Morgan fingerprint density at radius 3 is 2.27 bits per heavy atom. The zero-order valence-corrected chi connectivity index (χ0v) is 15.0. The molecule has 1 amide bonds. The average Bonchev–Trinajstić information content (AvgIpc) is 3.28. The van der Waals surface area contributed by atoms with Crippen LogP contribution >= 0.6 is 0 Å². The predicted molar refractivity (Wildman–Crippen MR) is 98.5 cm³/mol. The zero-order valence-electron chi connectivity index (χ0n) is 15.0. The van der Waals surface area contributed by atoms with Crippen molar-refractivity contribution in [1.29, 1.82) is 0 Å². The highest BCUT2D eigenvalue weighted by Crippen LogP contribution is 2.48. The van der Waals surface area contributed by atoms with Crippen molar-refractivity contribution in [2.24, 2.45) is 23.7 Å². The normalized spacial score (nSPS) is 30.7. The second-order valence-electron chi connectivity index (χ2n) is 7.74. The largest absolute Gasteiger partial charge is 0.481 e. The van der Waals surface area contributed by atoms with Crippen molar-refractivity contribution >= 4 is 11.9 Å². The lowest BCUT2D eigenvalue weighted by molar-refractivity contribution is -0.151. The van der Waals surface area contributed by atoms with Gasteiger partial charge in [-0.2, -0.15) is 0 Å². The van der Waals surface area contributed by atoms with Crippen LogP contribution in [0.15, 0.2) is 42.5 Å². The first kappa shape index (κ1) is 17.3. The number of hydrogen-bond acceptors (Lipinski definition) is 3. The van der Waals surface area contributed by atoms with Gasteiger partial charge in [0.05, 0.1) is 11.8 Å². The second-order valence-corrected chi connectivity index (χ2v) is 7.74. The fourth-order valence-corrected chi connectivity index (χ4v) is 4.83. The zero-order chi connectivity index (χ0) is 18.1. The number of amides is 1. The van der Waals surface area contributed by atoms with Gasteiger partial charge in [-0.1, -0.05) is 42.5 Å². The summed E-state index contributed by atoms with van der Waals surface area (Å²) in [4.78, 5) is 28.9. The first-order chi connectivity index (χ1) is 12.6. The summed E-state index contributed by atoms with van der Waals surface area (Å²) in [6.07, 6.45) is 5.90. The van der Waals surface area contributed by atoms with Gasteiger partial charge in [0, 0.05) is 32.7 Å². The van der Waals surface area contributed by atoms with Crippen LogP contribution in [0.3, 0.4) is 0 Å². The maximum Gasteiger partial charge on any atom is 0.307 e. The molecule has 2 aliphatic carbocycles. The van der Waals surface area contributed by atoms with Crippen LogP contribution in [0.4, 0.5) is 0 Å². The first-order valence-corrected chi connectivity index (χ1v) is 9.59. The van der Waals surface area contributed by atoms with Gasteiger partial charge in [-0.05, 0) is 30.2 Å². The Labute approximate surface area is 154 Å². The Morgan fingerprint density at radius 2 is 1.62 bits per heavy atom. The summed E-state index contributed by atoms with van der Waals surface area (Å²) in [5.41, 5.74) is 1.34. The Hall–Kier alpha value is -2.14. The molecule has 1 aromatic rings. The van der Waals surface area contributed by atoms with Gasteiger partial charge in [0.25, 0.3) is 0 Å². The molecule has 1 heterocycles. The molecule has 0 spiro atoms. The lowest BCUT2D eigenvalue weighted by atomic mass is 9.82. The Kier molecular flexibility index (Phi) is 4.81. The quantitative estimate of drug-likeness (QED) is 0.821. The van der Waals surface area contributed by atoms with Crippen LogP contribution in [0.2, 0.25) is 0 Å². The van der Waals surface area contributed by atoms with E-state index in [1.54, 1.807) is 0 Å². The summed E-state index contributed by atoms with van der Waals surface area (Å²) in [5.74, 6) is -1.51. The van der Waals surface area contributed by atoms with E-state index in [0.29, 0.717) is 13.1 Å². The highest BCUT2D eigenvalue weighted by atomic mass is 16.4. The molecule has 1 N–H and O–H groups in total. The van der Waals surface area contributed by atoms with Crippen molar-refractivity contribution in [2.45, 2.75) is 12.8 Å². The van der Waals surface area contributed by atoms with Gasteiger partial charge in [0.1, 0.15) is 0 Å². The van der Waals surface area contributed by atoms with Gasteiger partial charge >= 0.3 is 5.97 Å². The summed E-state index contributed by atoms with van der Waals surface area (Å²) < 4.78 is 0. The fraction of sp³-hybridized carbons (Fsp3) is 0.524. The van der Waals surface area contributed by atoms with E-state index < -0.39 is 11.9 Å². The Balaban J connectivity index is 1.31. The lowest BCUT2D eigenvalue weighted by Crippen LogP contribution is -2.52. The number of nitrogens with zero attached hydrogens (tertiary/aromatic N) is 2. The van der Waals surface area contributed by atoms with E-state index in [9.17, 15) is 14.7 Å². The predicted octanol–water partition coefficient (Wildman–Crippen LogP) is 1.90. The molecule has 1 saturated carbocycles. The number of carbonyl (C=O) groups excluding carboxylic acids is 1. The number of carbonyl (C=O) groups is 2. The van der Waals surface area contributed by atoms with E-state index in [0.717, 1.165) is 32.5 Å². The van der Waals surface area contributed by atoms with Crippen LogP contribution in [-0.2, 0) is 16.0 Å². The van der Waals surface area contributed by atoms with Gasteiger partial charge in [0.15, 0.2) is 0 Å². The minimum atomic E-state index is -0.818. The van der Waals surface area contributed by atoms with E-state index in [-0.39, 0.29) is 23.7 Å². The average molecular weight is 354 g/mol. The van der Waals surface area contributed by atoms with Crippen LogP contribution in [0.25, 0.3) is 0 Å².